The molecule has 0 amide bonds. The standard InChI is InChI=1S/C17H21BrN2O2/c1-11(2)8-13(17(21)22)10-19-9-12-6-7-20-16-14(12)4-3-5-15(16)18/h3-7,11,13,19H,8-10H2,1-2H3,(H,21,22). The van der Waals surface area contributed by atoms with Crippen molar-refractivity contribution in [1.29, 1.82) is 0 Å². The third-order valence-electron chi connectivity index (χ3n) is 3.62. The van der Waals surface area contributed by atoms with E-state index in [0.717, 1.165) is 20.9 Å². The number of rotatable bonds is 7. The molecule has 0 aliphatic carbocycles. The van der Waals surface area contributed by atoms with Crippen molar-refractivity contribution in [2.24, 2.45) is 11.8 Å². The average Bonchev–Trinajstić information content (AvgIpc) is 2.46. The average molecular weight is 365 g/mol. The molecule has 1 unspecified atom stereocenters. The first kappa shape index (κ1) is 16.9. The number of benzene rings is 1. The van der Waals surface area contributed by atoms with E-state index in [-0.39, 0.29) is 5.92 Å². The van der Waals surface area contributed by atoms with Gasteiger partial charge in [0.05, 0.1) is 11.4 Å². The van der Waals surface area contributed by atoms with Crippen LogP contribution in [0, 0.1) is 11.8 Å². The topological polar surface area (TPSA) is 62.2 Å². The Labute approximate surface area is 139 Å². The van der Waals surface area contributed by atoms with Gasteiger partial charge in [0.2, 0.25) is 0 Å². The summed E-state index contributed by atoms with van der Waals surface area (Å²) < 4.78 is 0.968. The van der Waals surface area contributed by atoms with E-state index in [9.17, 15) is 9.90 Å². The van der Waals surface area contributed by atoms with Crippen LogP contribution in [0.1, 0.15) is 25.8 Å². The van der Waals surface area contributed by atoms with Gasteiger partial charge in [-0.3, -0.25) is 9.78 Å². The number of aromatic nitrogens is 1. The summed E-state index contributed by atoms with van der Waals surface area (Å²) in [5.41, 5.74) is 2.05. The number of nitrogens with one attached hydrogen (secondary N) is 1. The predicted octanol–water partition coefficient (Wildman–Crippen LogP) is 3.83. The molecule has 0 radical (unpaired) electrons. The molecule has 118 valence electrons. The summed E-state index contributed by atoms with van der Waals surface area (Å²) >= 11 is 3.51. The number of halogens is 1. The number of pyridine rings is 1. The summed E-state index contributed by atoms with van der Waals surface area (Å²) in [5.74, 6) is -0.705. The van der Waals surface area contributed by atoms with Crippen molar-refractivity contribution in [3.8, 4) is 0 Å². The minimum Gasteiger partial charge on any atom is -0.481 e. The highest BCUT2D eigenvalue weighted by Gasteiger charge is 2.18. The summed E-state index contributed by atoms with van der Waals surface area (Å²) in [6.07, 6.45) is 2.47. The minimum absolute atomic E-state index is 0.347. The zero-order valence-corrected chi connectivity index (χ0v) is 14.4. The highest BCUT2D eigenvalue weighted by Crippen LogP contribution is 2.24. The molecule has 0 spiro atoms. The van der Waals surface area contributed by atoms with Crippen molar-refractivity contribution in [2.45, 2.75) is 26.8 Å². The molecule has 0 saturated heterocycles. The van der Waals surface area contributed by atoms with E-state index in [1.165, 1.54) is 0 Å². The van der Waals surface area contributed by atoms with E-state index >= 15 is 0 Å². The lowest BCUT2D eigenvalue weighted by atomic mass is 9.97. The Morgan fingerprint density at radius 2 is 2.14 bits per heavy atom. The smallest absolute Gasteiger partial charge is 0.307 e. The molecule has 0 saturated carbocycles. The number of aliphatic carboxylic acids is 1. The van der Waals surface area contributed by atoms with Crippen LogP contribution in [-0.2, 0) is 11.3 Å². The second-order valence-electron chi connectivity index (χ2n) is 5.90. The van der Waals surface area contributed by atoms with Gasteiger partial charge in [0.15, 0.2) is 0 Å². The van der Waals surface area contributed by atoms with Crippen LogP contribution in [0.2, 0.25) is 0 Å². The zero-order chi connectivity index (χ0) is 16.1. The third kappa shape index (κ3) is 4.27. The molecule has 0 bridgehead atoms. The second kappa shape index (κ2) is 7.70. The van der Waals surface area contributed by atoms with Crippen molar-refractivity contribution in [3.05, 3.63) is 40.5 Å². The first-order valence-electron chi connectivity index (χ1n) is 7.44. The molecule has 2 N–H and O–H groups in total. The molecular weight excluding hydrogens is 344 g/mol. The summed E-state index contributed by atoms with van der Waals surface area (Å²) in [5, 5.41) is 13.6. The van der Waals surface area contributed by atoms with E-state index < -0.39 is 5.97 Å². The first-order valence-corrected chi connectivity index (χ1v) is 8.24. The van der Waals surface area contributed by atoms with E-state index in [4.69, 9.17) is 0 Å². The monoisotopic (exact) mass is 364 g/mol. The maximum Gasteiger partial charge on any atom is 0.307 e. The first-order chi connectivity index (χ1) is 10.5. The van der Waals surface area contributed by atoms with Crippen molar-refractivity contribution >= 4 is 32.8 Å². The van der Waals surface area contributed by atoms with Crippen LogP contribution >= 0.6 is 15.9 Å². The number of nitrogens with zero attached hydrogens (tertiary/aromatic N) is 1. The summed E-state index contributed by atoms with van der Waals surface area (Å²) in [6.45, 7) is 5.20. The highest BCUT2D eigenvalue weighted by atomic mass is 79.9. The van der Waals surface area contributed by atoms with Crippen LogP contribution < -0.4 is 5.32 Å². The van der Waals surface area contributed by atoms with E-state index in [0.29, 0.717) is 25.4 Å². The number of hydrogen-bond donors (Lipinski definition) is 2. The Morgan fingerprint density at radius 3 is 2.82 bits per heavy atom. The van der Waals surface area contributed by atoms with Gasteiger partial charge in [0.25, 0.3) is 0 Å². The van der Waals surface area contributed by atoms with Gasteiger partial charge in [-0.1, -0.05) is 26.0 Å². The molecule has 1 heterocycles. The van der Waals surface area contributed by atoms with Gasteiger partial charge in [-0.25, -0.2) is 0 Å². The number of para-hydroxylation sites is 1. The Kier molecular flexibility index (Phi) is 5.91. The van der Waals surface area contributed by atoms with E-state index in [2.05, 4.69) is 26.2 Å². The number of carbonyl (C=O) groups is 1. The number of hydrogen-bond acceptors (Lipinski definition) is 3. The Balaban J connectivity index is 2.06. The molecule has 2 aromatic rings. The van der Waals surface area contributed by atoms with Crippen molar-refractivity contribution < 1.29 is 9.90 Å². The lowest BCUT2D eigenvalue weighted by Gasteiger charge is -2.16. The largest absolute Gasteiger partial charge is 0.481 e. The van der Waals surface area contributed by atoms with Crippen molar-refractivity contribution in [3.63, 3.8) is 0 Å². The molecule has 22 heavy (non-hydrogen) atoms. The van der Waals surface area contributed by atoms with Crippen LogP contribution in [0.4, 0.5) is 0 Å². The number of carboxylic acids is 1. The summed E-state index contributed by atoms with van der Waals surface area (Å²) in [4.78, 5) is 15.7. The Morgan fingerprint density at radius 1 is 1.36 bits per heavy atom. The van der Waals surface area contributed by atoms with Gasteiger partial charge in [-0.2, -0.15) is 0 Å². The SMILES string of the molecule is CC(C)CC(CNCc1ccnc2c(Br)cccc12)C(=O)O. The van der Waals surface area contributed by atoms with Gasteiger partial charge in [-0.15, -0.1) is 0 Å². The summed E-state index contributed by atoms with van der Waals surface area (Å²) in [6, 6.07) is 7.96. The molecule has 0 fully saturated rings. The normalized spacial score (nSPS) is 12.7. The van der Waals surface area contributed by atoms with E-state index in [1.54, 1.807) is 6.20 Å². The van der Waals surface area contributed by atoms with Crippen LogP contribution in [0.15, 0.2) is 34.9 Å². The van der Waals surface area contributed by atoms with Crippen molar-refractivity contribution in [2.75, 3.05) is 6.54 Å². The second-order valence-corrected chi connectivity index (χ2v) is 6.76. The molecule has 0 aliphatic heterocycles. The molecule has 5 heteroatoms. The quantitative estimate of drug-likeness (QED) is 0.783. The molecule has 1 aromatic carbocycles. The molecule has 0 aliphatic rings. The van der Waals surface area contributed by atoms with Gasteiger partial charge in [0.1, 0.15) is 0 Å². The van der Waals surface area contributed by atoms with Crippen LogP contribution in [-0.4, -0.2) is 22.6 Å². The van der Waals surface area contributed by atoms with Crippen molar-refractivity contribution in [1.82, 2.24) is 10.3 Å². The highest BCUT2D eigenvalue weighted by molar-refractivity contribution is 9.10. The fourth-order valence-electron chi connectivity index (χ4n) is 2.57. The number of fused-ring (bicyclic) bond motifs is 1. The van der Waals surface area contributed by atoms with Gasteiger partial charge in [-0.05, 0) is 46.0 Å². The van der Waals surface area contributed by atoms with Crippen LogP contribution in [0.3, 0.4) is 0 Å². The molecule has 4 nitrogen and oxygen atoms in total. The van der Waals surface area contributed by atoms with Crippen LogP contribution in [0.5, 0.6) is 0 Å². The zero-order valence-electron chi connectivity index (χ0n) is 12.8. The lowest BCUT2D eigenvalue weighted by molar-refractivity contribution is -0.142. The maximum atomic E-state index is 11.3. The van der Waals surface area contributed by atoms with Gasteiger partial charge < -0.3 is 10.4 Å². The molecule has 1 atom stereocenters. The fourth-order valence-corrected chi connectivity index (χ4v) is 3.04. The maximum absolute atomic E-state index is 11.3. The van der Waals surface area contributed by atoms with E-state index in [1.807, 2.05) is 38.1 Å². The van der Waals surface area contributed by atoms with Crippen LogP contribution in [0.25, 0.3) is 10.9 Å². The number of carboxylic acid groups (broad SMARTS) is 1. The minimum atomic E-state index is -0.733. The molecule has 2 rings (SSSR count). The molecular formula is C17H21BrN2O2. The van der Waals surface area contributed by atoms with Gasteiger partial charge in [0, 0.05) is 29.1 Å². The Hall–Kier alpha value is -1.46. The summed E-state index contributed by atoms with van der Waals surface area (Å²) in [7, 11) is 0. The fraction of sp³-hybridized carbons (Fsp3) is 0.412. The lowest BCUT2D eigenvalue weighted by Crippen LogP contribution is -2.29. The Bertz CT molecular complexity index is 658. The third-order valence-corrected chi connectivity index (χ3v) is 4.26. The van der Waals surface area contributed by atoms with Gasteiger partial charge >= 0.3 is 5.97 Å². The predicted molar refractivity (Wildman–Crippen MR) is 91.7 cm³/mol. The molecule has 1 aromatic heterocycles.